The fourth-order valence-electron chi connectivity index (χ4n) is 0.553. The molecule has 1 unspecified atom stereocenters. The monoisotopic (exact) mass is 150 g/mol. The van der Waals surface area contributed by atoms with Gasteiger partial charge in [-0.25, -0.2) is 4.98 Å². The van der Waals surface area contributed by atoms with Crippen LogP contribution < -0.4 is 5.57 Å². The summed E-state index contributed by atoms with van der Waals surface area (Å²) in [6.07, 6.45) is 0. The Labute approximate surface area is 59.7 Å². The molecule has 0 spiro atoms. The molecule has 0 aliphatic rings. The number of H-pyrrole nitrogens is 1. The molecule has 0 amide bonds. The molecule has 1 heterocycles. The quantitative estimate of drug-likeness (QED) is 0.513. The number of imidazole rings is 1. The summed E-state index contributed by atoms with van der Waals surface area (Å²) < 4.78 is 0. The van der Waals surface area contributed by atoms with Gasteiger partial charge < -0.3 is 4.98 Å². The van der Waals surface area contributed by atoms with E-state index in [1.54, 1.807) is 6.07 Å². The molecular formula is C5H3N4P. The van der Waals surface area contributed by atoms with Crippen LogP contribution >= 0.6 is 9.24 Å². The van der Waals surface area contributed by atoms with Gasteiger partial charge in [0.1, 0.15) is 17.7 Å². The Morgan fingerprint density at radius 1 is 1.40 bits per heavy atom. The second-order valence-corrected chi connectivity index (χ2v) is 2.12. The summed E-state index contributed by atoms with van der Waals surface area (Å²) >= 11 is 0. The number of nitriles is 2. The van der Waals surface area contributed by atoms with Crippen molar-refractivity contribution in [3.05, 3.63) is 11.4 Å². The third-order valence-electron chi connectivity index (χ3n) is 0.940. The lowest BCUT2D eigenvalue weighted by molar-refractivity contribution is 1.34. The van der Waals surface area contributed by atoms with Crippen molar-refractivity contribution >= 4 is 14.8 Å². The predicted molar refractivity (Wildman–Crippen MR) is 37.4 cm³/mol. The van der Waals surface area contributed by atoms with Crippen molar-refractivity contribution in [3.63, 3.8) is 0 Å². The molecule has 0 aliphatic carbocycles. The molecule has 0 aromatic carbocycles. The second kappa shape index (κ2) is 2.47. The van der Waals surface area contributed by atoms with Gasteiger partial charge >= 0.3 is 0 Å². The molecule has 1 atom stereocenters. The molecule has 10 heavy (non-hydrogen) atoms. The van der Waals surface area contributed by atoms with Crippen molar-refractivity contribution in [1.29, 1.82) is 10.5 Å². The van der Waals surface area contributed by atoms with Crippen LogP contribution in [0.4, 0.5) is 0 Å². The van der Waals surface area contributed by atoms with Crippen LogP contribution in [0.5, 0.6) is 0 Å². The molecule has 1 rings (SSSR count). The molecule has 1 aromatic heterocycles. The van der Waals surface area contributed by atoms with Crippen LogP contribution in [0.1, 0.15) is 11.4 Å². The second-order valence-electron chi connectivity index (χ2n) is 1.57. The van der Waals surface area contributed by atoms with E-state index >= 15 is 0 Å². The fourth-order valence-corrected chi connectivity index (χ4v) is 0.827. The van der Waals surface area contributed by atoms with Crippen molar-refractivity contribution in [2.45, 2.75) is 0 Å². The van der Waals surface area contributed by atoms with E-state index in [2.05, 4.69) is 19.2 Å². The summed E-state index contributed by atoms with van der Waals surface area (Å²) in [5, 5.41) is 16.8. The van der Waals surface area contributed by atoms with E-state index in [0.717, 1.165) is 0 Å². The molecule has 48 valence electrons. The first-order valence-electron chi connectivity index (χ1n) is 2.43. The zero-order valence-electron chi connectivity index (χ0n) is 4.92. The third-order valence-corrected chi connectivity index (χ3v) is 1.21. The van der Waals surface area contributed by atoms with Crippen LogP contribution in [0, 0.1) is 22.7 Å². The molecule has 1 N–H and O–H groups in total. The molecule has 4 nitrogen and oxygen atoms in total. The highest BCUT2D eigenvalue weighted by molar-refractivity contribution is 7.26. The zero-order valence-corrected chi connectivity index (χ0v) is 6.07. The highest BCUT2D eigenvalue weighted by atomic mass is 31.0. The van der Waals surface area contributed by atoms with Crippen molar-refractivity contribution in [2.24, 2.45) is 0 Å². The van der Waals surface area contributed by atoms with E-state index in [-0.39, 0.29) is 11.4 Å². The van der Waals surface area contributed by atoms with Gasteiger partial charge in [-0.1, -0.05) is 9.24 Å². The van der Waals surface area contributed by atoms with Crippen molar-refractivity contribution in [3.8, 4) is 12.1 Å². The van der Waals surface area contributed by atoms with Crippen LogP contribution in [0.3, 0.4) is 0 Å². The first-order chi connectivity index (χ1) is 4.77. The summed E-state index contributed by atoms with van der Waals surface area (Å²) in [5.41, 5.74) is 0.869. The number of nitrogens with zero attached hydrogens (tertiary/aromatic N) is 3. The van der Waals surface area contributed by atoms with E-state index < -0.39 is 0 Å². The molecule has 1 aromatic rings. The van der Waals surface area contributed by atoms with Gasteiger partial charge in [-0.15, -0.1) is 0 Å². The summed E-state index contributed by atoms with van der Waals surface area (Å²) in [5.74, 6) is 0. The first-order valence-corrected chi connectivity index (χ1v) is 3.01. The highest BCUT2D eigenvalue weighted by Gasteiger charge is 2.04. The standard InChI is InChI=1S/C5H3N4P/c6-1-3-4(2-7)9-5(10)8-3/h10H2,(H,8,9). The van der Waals surface area contributed by atoms with Gasteiger partial charge in [0, 0.05) is 0 Å². The van der Waals surface area contributed by atoms with Crippen LogP contribution in [-0.2, 0) is 0 Å². The smallest absolute Gasteiger partial charge is 0.177 e. The van der Waals surface area contributed by atoms with E-state index in [4.69, 9.17) is 10.5 Å². The Bertz CT molecular complexity index is 295. The Kier molecular flexibility index (Phi) is 1.67. The molecule has 0 radical (unpaired) electrons. The molecule has 0 fully saturated rings. The average molecular weight is 150 g/mol. The maximum atomic E-state index is 8.38. The van der Waals surface area contributed by atoms with E-state index in [9.17, 15) is 0 Å². The largest absolute Gasteiger partial charge is 0.329 e. The van der Waals surface area contributed by atoms with Gasteiger partial charge in [0.05, 0.1) is 0 Å². The minimum atomic E-state index is 0.146. The van der Waals surface area contributed by atoms with Crippen molar-refractivity contribution < 1.29 is 0 Å². The summed E-state index contributed by atoms with van der Waals surface area (Å²) in [7, 11) is 2.27. The lowest BCUT2D eigenvalue weighted by atomic mass is 10.4. The Hall–Kier alpha value is -1.38. The summed E-state index contributed by atoms with van der Waals surface area (Å²) in [6, 6.07) is 3.60. The number of hydrogen-bond donors (Lipinski definition) is 1. The molecule has 0 aliphatic heterocycles. The maximum absolute atomic E-state index is 8.38. The number of rotatable bonds is 0. The van der Waals surface area contributed by atoms with Crippen LogP contribution in [0.2, 0.25) is 0 Å². The van der Waals surface area contributed by atoms with Crippen molar-refractivity contribution in [1.82, 2.24) is 9.97 Å². The Balaban J connectivity index is 3.28. The van der Waals surface area contributed by atoms with E-state index in [1.165, 1.54) is 0 Å². The van der Waals surface area contributed by atoms with Gasteiger partial charge in [-0.2, -0.15) is 10.5 Å². The summed E-state index contributed by atoms with van der Waals surface area (Å²) in [6.45, 7) is 0. The SMILES string of the molecule is N#Cc1nc(P)[nH]c1C#N. The van der Waals surface area contributed by atoms with Gasteiger partial charge in [-0.3, -0.25) is 0 Å². The molecule has 0 saturated heterocycles. The number of aromatic nitrogens is 2. The molecule has 5 heteroatoms. The molecule has 0 saturated carbocycles. The number of hydrogen-bond acceptors (Lipinski definition) is 3. The van der Waals surface area contributed by atoms with Gasteiger partial charge in [0.25, 0.3) is 0 Å². The molecular weight excluding hydrogens is 147 g/mol. The van der Waals surface area contributed by atoms with Crippen molar-refractivity contribution in [2.75, 3.05) is 0 Å². The minimum Gasteiger partial charge on any atom is -0.329 e. The van der Waals surface area contributed by atoms with E-state index in [0.29, 0.717) is 5.57 Å². The van der Waals surface area contributed by atoms with Crippen LogP contribution in [-0.4, -0.2) is 9.97 Å². The lowest BCUT2D eigenvalue weighted by Gasteiger charge is -1.73. The Morgan fingerprint density at radius 3 is 2.50 bits per heavy atom. The van der Waals surface area contributed by atoms with Crippen LogP contribution in [0.25, 0.3) is 0 Å². The first kappa shape index (κ1) is 6.74. The van der Waals surface area contributed by atoms with Gasteiger partial charge in [0.2, 0.25) is 0 Å². The van der Waals surface area contributed by atoms with Gasteiger partial charge in [0.15, 0.2) is 11.4 Å². The fraction of sp³-hybridized carbons (Fsp3) is 0. The normalized spacial score (nSPS) is 8.30. The van der Waals surface area contributed by atoms with E-state index in [1.807, 2.05) is 6.07 Å². The predicted octanol–water partition coefficient (Wildman–Crippen LogP) is -0.347. The maximum Gasteiger partial charge on any atom is 0.177 e. The average Bonchev–Trinajstić information content (AvgIpc) is 2.30. The zero-order chi connectivity index (χ0) is 7.56. The number of nitrogens with one attached hydrogen (secondary N) is 1. The lowest BCUT2D eigenvalue weighted by Crippen LogP contribution is -1.92. The van der Waals surface area contributed by atoms with Gasteiger partial charge in [-0.05, 0) is 0 Å². The number of aromatic amines is 1. The topological polar surface area (TPSA) is 76.3 Å². The summed E-state index contributed by atoms with van der Waals surface area (Å²) in [4.78, 5) is 6.34. The highest BCUT2D eigenvalue weighted by Crippen LogP contribution is 1.97. The van der Waals surface area contributed by atoms with Crippen LogP contribution in [0.15, 0.2) is 0 Å². The minimum absolute atomic E-state index is 0.146. The third kappa shape index (κ3) is 0.978. The molecule has 0 bridgehead atoms. The Morgan fingerprint density at radius 2 is 2.10 bits per heavy atom.